The van der Waals surface area contributed by atoms with Gasteiger partial charge in [-0.3, -0.25) is 4.79 Å². The van der Waals surface area contributed by atoms with Crippen LogP contribution in [0.4, 0.5) is 0 Å². The second-order valence-corrected chi connectivity index (χ2v) is 6.89. The number of carbonyl (C=O) groups is 1. The Bertz CT molecular complexity index is 683. The molecule has 0 unspecified atom stereocenters. The summed E-state index contributed by atoms with van der Waals surface area (Å²) < 4.78 is 5.50. The van der Waals surface area contributed by atoms with Gasteiger partial charge in [-0.15, -0.1) is 0 Å². The van der Waals surface area contributed by atoms with Gasteiger partial charge < -0.3 is 9.63 Å². The molecule has 3 rings (SSSR count). The van der Waals surface area contributed by atoms with Crippen LogP contribution >= 0.6 is 23.4 Å². The Morgan fingerprint density at radius 3 is 2.73 bits per heavy atom. The highest BCUT2D eigenvalue weighted by atomic mass is 35.5. The Morgan fingerprint density at radius 2 is 2.09 bits per heavy atom. The normalized spacial score (nSPS) is 21.2. The van der Waals surface area contributed by atoms with Gasteiger partial charge in [0.15, 0.2) is 0 Å². The molecule has 1 heterocycles. The van der Waals surface area contributed by atoms with Gasteiger partial charge in [0.25, 0.3) is 0 Å². The van der Waals surface area contributed by atoms with Crippen molar-refractivity contribution in [1.82, 2.24) is 5.16 Å². The van der Waals surface area contributed by atoms with Gasteiger partial charge in [-0.2, -0.15) is 11.8 Å². The smallest absolute Gasteiger partial charge is 0.306 e. The molecule has 22 heavy (non-hydrogen) atoms. The number of nitrogens with zero attached hydrogens (tertiary/aromatic N) is 1. The highest BCUT2D eigenvalue weighted by Gasteiger charge is 2.33. The molecule has 1 aromatic heterocycles. The molecule has 0 amide bonds. The summed E-state index contributed by atoms with van der Waals surface area (Å²) in [5, 5.41) is 14.4. The van der Waals surface area contributed by atoms with Crippen LogP contribution in [0.3, 0.4) is 0 Å². The van der Waals surface area contributed by atoms with Crippen molar-refractivity contribution in [3.63, 3.8) is 0 Å². The van der Waals surface area contributed by atoms with E-state index >= 15 is 0 Å². The fourth-order valence-electron chi connectivity index (χ4n) is 2.90. The Morgan fingerprint density at radius 1 is 1.36 bits per heavy atom. The monoisotopic (exact) mass is 337 g/mol. The quantitative estimate of drug-likeness (QED) is 0.839. The summed E-state index contributed by atoms with van der Waals surface area (Å²) in [6.07, 6.45) is 3.91. The van der Waals surface area contributed by atoms with Crippen molar-refractivity contribution in [2.75, 3.05) is 6.26 Å². The molecular weight excluding hydrogens is 322 g/mol. The van der Waals surface area contributed by atoms with Gasteiger partial charge in [-0.25, -0.2) is 0 Å². The van der Waals surface area contributed by atoms with Gasteiger partial charge in [0.1, 0.15) is 11.5 Å². The zero-order valence-electron chi connectivity index (χ0n) is 12.1. The van der Waals surface area contributed by atoms with Crippen LogP contribution in [0.25, 0.3) is 11.3 Å². The number of fused-ring (bicyclic) bond motifs is 1. The third kappa shape index (κ3) is 2.88. The molecule has 0 fully saturated rings. The lowest BCUT2D eigenvalue weighted by Crippen LogP contribution is -2.15. The molecule has 2 atom stereocenters. The highest BCUT2D eigenvalue weighted by Crippen LogP contribution is 2.43. The minimum atomic E-state index is -0.767. The molecule has 0 radical (unpaired) electrons. The van der Waals surface area contributed by atoms with E-state index in [9.17, 15) is 9.90 Å². The molecule has 1 aromatic carbocycles. The molecular formula is C16H16ClNO3S. The van der Waals surface area contributed by atoms with Crippen molar-refractivity contribution in [3.05, 3.63) is 40.6 Å². The van der Waals surface area contributed by atoms with E-state index in [1.54, 1.807) is 11.8 Å². The van der Waals surface area contributed by atoms with E-state index in [2.05, 4.69) is 5.16 Å². The zero-order chi connectivity index (χ0) is 15.7. The van der Waals surface area contributed by atoms with Crippen molar-refractivity contribution in [2.24, 2.45) is 5.92 Å². The van der Waals surface area contributed by atoms with Gasteiger partial charge in [0.2, 0.25) is 0 Å². The zero-order valence-corrected chi connectivity index (χ0v) is 13.7. The van der Waals surface area contributed by atoms with Crippen molar-refractivity contribution in [1.29, 1.82) is 0 Å². The molecule has 0 saturated heterocycles. The molecule has 4 nitrogen and oxygen atoms in total. The average Bonchev–Trinajstić information content (AvgIpc) is 2.82. The first-order chi connectivity index (χ1) is 10.6. The van der Waals surface area contributed by atoms with Crippen LogP contribution < -0.4 is 0 Å². The summed E-state index contributed by atoms with van der Waals surface area (Å²) in [6, 6.07) is 7.47. The number of aromatic nitrogens is 1. The van der Waals surface area contributed by atoms with E-state index in [1.165, 1.54) is 0 Å². The summed E-state index contributed by atoms with van der Waals surface area (Å²) in [7, 11) is 0. The molecule has 0 saturated carbocycles. The summed E-state index contributed by atoms with van der Waals surface area (Å²) in [4.78, 5) is 11.3. The van der Waals surface area contributed by atoms with Gasteiger partial charge in [-0.05, 0) is 31.2 Å². The minimum Gasteiger partial charge on any atom is -0.481 e. The first-order valence-corrected chi connectivity index (χ1v) is 8.76. The second-order valence-electron chi connectivity index (χ2n) is 5.42. The fourth-order valence-corrected chi connectivity index (χ4v) is 3.87. The van der Waals surface area contributed by atoms with Crippen molar-refractivity contribution < 1.29 is 14.4 Å². The number of carboxylic acids is 1. The first-order valence-electron chi connectivity index (χ1n) is 7.10. The van der Waals surface area contributed by atoms with Gasteiger partial charge in [0, 0.05) is 27.8 Å². The lowest BCUT2D eigenvalue weighted by atomic mass is 10.0. The predicted molar refractivity (Wildman–Crippen MR) is 87.3 cm³/mol. The maximum atomic E-state index is 11.3. The second kappa shape index (κ2) is 6.34. The lowest BCUT2D eigenvalue weighted by molar-refractivity contribution is -0.142. The van der Waals surface area contributed by atoms with E-state index in [1.807, 2.05) is 30.5 Å². The number of halogens is 1. The van der Waals surface area contributed by atoms with E-state index in [0.717, 1.165) is 23.2 Å². The highest BCUT2D eigenvalue weighted by molar-refractivity contribution is 7.98. The van der Waals surface area contributed by atoms with Crippen LogP contribution in [0, 0.1) is 5.92 Å². The summed E-state index contributed by atoms with van der Waals surface area (Å²) in [5.74, 6) is -0.465. The van der Waals surface area contributed by atoms with Crippen molar-refractivity contribution in [3.8, 4) is 11.3 Å². The predicted octanol–water partition coefficient (Wildman–Crippen LogP) is 4.44. The Kier molecular flexibility index (Phi) is 4.45. The Hall–Kier alpha value is -1.46. The fraction of sp³-hybridized carbons (Fsp3) is 0.375. The van der Waals surface area contributed by atoms with Crippen LogP contribution in [0.5, 0.6) is 0 Å². The molecule has 2 aromatic rings. The Balaban J connectivity index is 2.05. The third-order valence-electron chi connectivity index (χ3n) is 4.09. The molecule has 1 aliphatic carbocycles. The average molecular weight is 338 g/mol. The third-order valence-corrected chi connectivity index (χ3v) is 5.38. The molecule has 0 spiro atoms. The van der Waals surface area contributed by atoms with Gasteiger partial charge in [0.05, 0.1) is 5.92 Å². The molecule has 1 N–H and O–H groups in total. The SMILES string of the molecule is CS[C@@H]1CC[C@H](C(=O)O)Cc2onc(-c3ccc(Cl)cc3)c21. The van der Waals surface area contributed by atoms with Crippen molar-refractivity contribution in [2.45, 2.75) is 24.5 Å². The van der Waals surface area contributed by atoms with E-state index in [-0.39, 0.29) is 5.25 Å². The van der Waals surface area contributed by atoms with Crippen LogP contribution in [-0.4, -0.2) is 22.5 Å². The van der Waals surface area contributed by atoms with E-state index < -0.39 is 11.9 Å². The number of hydrogen-bond acceptors (Lipinski definition) is 4. The van der Waals surface area contributed by atoms with Crippen LogP contribution in [0.15, 0.2) is 28.8 Å². The molecule has 1 aliphatic rings. The van der Waals surface area contributed by atoms with Gasteiger partial charge in [-0.1, -0.05) is 28.9 Å². The number of benzene rings is 1. The van der Waals surface area contributed by atoms with E-state index in [4.69, 9.17) is 16.1 Å². The number of aliphatic carboxylic acids is 1. The number of thioether (sulfide) groups is 1. The number of carboxylic acid groups (broad SMARTS) is 1. The van der Waals surface area contributed by atoms with E-state index in [0.29, 0.717) is 23.6 Å². The topological polar surface area (TPSA) is 63.3 Å². The summed E-state index contributed by atoms with van der Waals surface area (Å²) >= 11 is 7.65. The standard InChI is InChI=1S/C16H16ClNO3S/c1-22-13-7-4-10(16(19)20)8-12-14(13)15(18-21-12)9-2-5-11(17)6-3-9/h2-3,5-6,10,13H,4,7-8H2,1H3,(H,19,20)/t10-,13+/m0/s1. The summed E-state index contributed by atoms with van der Waals surface area (Å²) in [5.41, 5.74) is 2.79. The lowest BCUT2D eigenvalue weighted by Gasteiger charge is -2.13. The molecule has 0 bridgehead atoms. The maximum Gasteiger partial charge on any atom is 0.306 e. The largest absolute Gasteiger partial charge is 0.481 e. The molecule has 116 valence electrons. The van der Waals surface area contributed by atoms with Crippen molar-refractivity contribution >= 4 is 29.3 Å². The molecule has 6 heteroatoms. The van der Waals surface area contributed by atoms with Crippen LogP contribution in [-0.2, 0) is 11.2 Å². The minimum absolute atomic E-state index is 0.205. The summed E-state index contributed by atoms with van der Waals surface area (Å²) in [6.45, 7) is 0. The van der Waals surface area contributed by atoms with Crippen LogP contribution in [0.2, 0.25) is 5.02 Å². The number of hydrogen-bond donors (Lipinski definition) is 1. The molecule has 0 aliphatic heterocycles. The maximum absolute atomic E-state index is 11.3. The first kappa shape index (κ1) is 15.4. The van der Waals surface area contributed by atoms with Gasteiger partial charge >= 0.3 is 5.97 Å². The number of rotatable bonds is 3. The Labute approximate surface area is 137 Å². The van der Waals surface area contributed by atoms with Crippen LogP contribution in [0.1, 0.15) is 29.4 Å².